The van der Waals surface area contributed by atoms with Crippen molar-refractivity contribution in [1.29, 1.82) is 0 Å². The first-order chi connectivity index (χ1) is 5.74. The van der Waals surface area contributed by atoms with Crippen LogP contribution >= 0.6 is 0 Å². The lowest BCUT2D eigenvalue weighted by atomic mass is 10.1. The molecule has 0 aromatic carbocycles. The van der Waals surface area contributed by atoms with Crippen LogP contribution in [0.1, 0.15) is 23.8 Å². The van der Waals surface area contributed by atoms with E-state index in [1.807, 2.05) is 19.1 Å². The molecule has 2 heteroatoms. The zero-order chi connectivity index (χ0) is 8.97. The topological polar surface area (TPSA) is 33.1 Å². The molecule has 0 radical (unpaired) electrons. The highest BCUT2D eigenvalue weighted by Gasteiger charge is 2.05. The van der Waals surface area contributed by atoms with Gasteiger partial charge in [0.25, 0.3) is 0 Å². The van der Waals surface area contributed by atoms with Crippen molar-refractivity contribution in [3.63, 3.8) is 0 Å². The molecule has 1 aromatic heterocycles. The van der Waals surface area contributed by atoms with Gasteiger partial charge in [0.2, 0.25) is 0 Å². The molecule has 1 atom stereocenters. The van der Waals surface area contributed by atoms with E-state index < -0.39 is 6.10 Å². The second kappa shape index (κ2) is 4.02. The van der Waals surface area contributed by atoms with E-state index in [0.717, 1.165) is 11.3 Å². The fraction of sp³-hybridized carbons (Fsp3) is 0.300. The van der Waals surface area contributed by atoms with Crippen molar-refractivity contribution in [3.05, 3.63) is 42.2 Å². The number of nitrogens with zero attached hydrogens (tertiary/aromatic N) is 1. The fourth-order valence-corrected chi connectivity index (χ4v) is 1.02. The molecular formula is C10H13NO. The number of aryl methyl sites for hydroxylation is 1. The Kier molecular flexibility index (Phi) is 3.00. The molecular weight excluding hydrogens is 150 g/mol. The molecule has 64 valence electrons. The van der Waals surface area contributed by atoms with Crippen LogP contribution in [0.5, 0.6) is 0 Å². The monoisotopic (exact) mass is 163 g/mol. The van der Waals surface area contributed by atoms with Crippen LogP contribution in [-0.2, 0) is 0 Å². The second-order valence-electron chi connectivity index (χ2n) is 2.80. The van der Waals surface area contributed by atoms with E-state index in [1.54, 1.807) is 12.3 Å². The Bertz CT molecular complexity index is 270. The zero-order valence-electron chi connectivity index (χ0n) is 7.20. The maximum Gasteiger partial charge on any atom is 0.0994 e. The average molecular weight is 163 g/mol. The summed E-state index contributed by atoms with van der Waals surface area (Å²) in [7, 11) is 0. The van der Waals surface area contributed by atoms with Gasteiger partial charge in [-0.25, -0.2) is 0 Å². The van der Waals surface area contributed by atoms with E-state index in [4.69, 9.17) is 0 Å². The normalized spacial score (nSPS) is 12.5. The summed E-state index contributed by atoms with van der Waals surface area (Å²) in [6, 6.07) is 3.79. The summed E-state index contributed by atoms with van der Waals surface area (Å²) in [6.07, 6.45) is 3.43. The third kappa shape index (κ3) is 2.17. The van der Waals surface area contributed by atoms with Gasteiger partial charge in [0, 0.05) is 6.20 Å². The maximum atomic E-state index is 9.51. The Morgan fingerprint density at radius 2 is 2.50 bits per heavy atom. The molecule has 0 fully saturated rings. The number of hydrogen-bond donors (Lipinski definition) is 1. The Morgan fingerprint density at radius 3 is 3.08 bits per heavy atom. The van der Waals surface area contributed by atoms with Gasteiger partial charge in [0.15, 0.2) is 0 Å². The van der Waals surface area contributed by atoms with Gasteiger partial charge in [-0.05, 0) is 31.0 Å². The van der Waals surface area contributed by atoms with Crippen LogP contribution in [0.15, 0.2) is 31.0 Å². The average Bonchev–Trinajstić information content (AvgIpc) is 2.05. The number of hydrogen-bond acceptors (Lipinski definition) is 2. The quantitative estimate of drug-likeness (QED) is 0.691. The SMILES string of the molecule is C=CCC(O)c1cc(C)ccn1. The van der Waals surface area contributed by atoms with Crippen LogP contribution in [0.25, 0.3) is 0 Å². The lowest BCUT2D eigenvalue weighted by Crippen LogP contribution is -1.98. The molecule has 1 aromatic rings. The van der Waals surface area contributed by atoms with Gasteiger partial charge in [0.05, 0.1) is 11.8 Å². The molecule has 0 amide bonds. The first-order valence-electron chi connectivity index (χ1n) is 3.95. The van der Waals surface area contributed by atoms with Gasteiger partial charge in [0.1, 0.15) is 0 Å². The van der Waals surface area contributed by atoms with Crippen LogP contribution in [0.3, 0.4) is 0 Å². The van der Waals surface area contributed by atoms with Gasteiger partial charge in [-0.3, -0.25) is 4.98 Å². The number of rotatable bonds is 3. The minimum absolute atomic E-state index is 0.512. The highest BCUT2D eigenvalue weighted by molar-refractivity contribution is 5.16. The summed E-state index contributed by atoms with van der Waals surface area (Å²) in [5.41, 5.74) is 1.83. The van der Waals surface area contributed by atoms with E-state index in [2.05, 4.69) is 11.6 Å². The molecule has 1 unspecified atom stereocenters. The van der Waals surface area contributed by atoms with E-state index in [1.165, 1.54) is 0 Å². The molecule has 0 saturated carbocycles. The van der Waals surface area contributed by atoms with E-state index in [0.29, 0.717) is 6.42 Å². The van der Waals surface area contributed by atoms with Crippen molar-refractivity contribution in [2.24, 2.45) is 0 Å². The van der Waals surface area contributed by atoms with E-state index >= 15 is 0 Å². The Morgan fingerprint density at radius 1 is 1.75 bits per heavy atom. The standard InChI is InChI=1S/C10H13NO/c1-3-4-10(12)9-7-8(2)5-6-11-9/h3,5-7,10,12H,1,4H2,2H3. The largest absolute Gasteiger partial charge is 0.386 e. The number of aliphatic hydroxyl groups is 1. The Balaban J connectivity index is 2.80. The lowest BCUT2D eigenvalue weighted by Gasteiger charge is -2.06. The molecule has 0 bridgehead atoms. The Labute approximate surface area is 72.6 Å². The highest BCUT2D eigenvalue weighted by atomic mass is 16.3. The molecule has 1 rings (SSSR count). The smallest absolute Gasteiger partial charge is 0.0994 e. The van der Waals surface area contributed by atoms with Crippen molar-refractivity contribution >= 4 is 0 Å². The molecule has 0 spiro atoms. The molecule has 1 N–H and O–H groups in total. The molecule has 0 saturated heterocycles. The third-order valence-corrected chi connectivity index (χ3v) is 1.67. The number of aliphatic hydroxyl groups excluding tert-OH is 1. The summed E-state index contributed by atoms with van der Waals surface area (Å²) >= 11 is 0. The first kappa shape index (κ1) is 8.94. The van der Waals surface area contributed by atoms with Crippen molar-refractivity contribution in [2.45, 2.75) is 19.4 Å². The second-order valence-corrected chi connectivity index (χ2v) is 2.80. The van der Waals surface area contributed by atoms with Gasteiger partial charge in [-0.1, -0.05) is 6.08 Å². The summed E-state index contributed by atoms with van der Waals surface area (Å²) in [6.45, 7) is 5.54. The molecule has 12 heavy (non-hydrogen) atoms. The van der Waals surface area contributed by atoms with Crippen LogP contribution in [0.2, 0.25) is 0 Å². The number of aromatic nitrogens is 1. The molecule has 0 aliphatic carbocycles. The molecule has 0 aliphatic heterocycles. The van der Waals surface area contributed by atoms with Crippen LogP contribution in [-0.4, -0.2) is 10.1 Å². The van der Waals surface area contributed by atoms with Gasteiger partial charge in [-0.15, -0.1) is 6.58 Å². The van der Waals surface area contributed by atoms with E-state index in [9.17, 15) is 5.11 Å². The van der Waals surface area contributed by atoms with Gasteiger partial charge in [-0.2, -0.15) is 0 Å². The first-order valence-corrected chi connectivity index (χ1v) is 3.95. The molecule has 1 heterocycles. The predicted octanol–water partition coefficient (Wildman–Crippen LogP) is 2.00. The highest BCUT2D eigenvalue weighted by Crippen LogP contribution is 2.14. The lowest BCUT2D eigenvalue weighted by molar-refractivity contribution is 0.176. The minimum Gasteiger partial charge on any atom is -0.386 e. The molecule has 0 aliphatic rings. The molecule has 2 nitrogen and oxygen atoms in total. The number of pyridine rings is 1. The van der Waals surface area contributed by atoms with Crippen LogP contribution < -0.4 is 0 Å². The van der Waals surface area contributed by atoms with E-state index in [-0.39, 0.29) is 0 Å². The summed E-state index contributed by atoms with van der Waals surface area (Å²) < 4.78 is 0. The summed E-state index contributed by atoms with van der Waals surface area (Å²) in [5, 5.41) is 9.51. The van der Waals surface area contributed by atoms with Gasteiger partial charge < -0.3 is 5.11 Å². The van der Waals surface area contributed by atoms with Crippen LogP contribution in [0.4, 0.5) is 0 Å². The summed E-state index contributed by atoms with van der Waals surface area (Å²) in [5.74, 6) is 0. The fourth-order valence-electron chi connectivity index (χ4n) is 1.02. The van der Waals surface area contributed by atoms with Crippen molar-refractivity contribution in [1.82, 2.24) is 4.98 Å². The third-order valence-electron chi connectivity index (χ3n) is 1.67. The van der Waals surface area contributed by atoms with Crippen molar-refractivity contribution in [2.75, 3.05) is 0 Å². The predicted molar refractivity (Wildman–Crippen MR) is 48.7 cm³/mol. The maximum absolute atomic E-state index is 9.51. The minimum atomic E-state index is -0.512. The zero-order valence-corrected chi connectivity index (χ0v) is 7.20. The summed E-state index contributed by atoms with van der Waals surface area (Å²) in [4.78, 5) is 4.06. The van der Waals surface area contributed by atoms with Crippen molar-refractivity contribution < 1.29 is 5.11 Å². The Hall–Kier alpha value is -1.15. The van der Waals surface area contributed by atoms with Crippen LogP contribution in [0, 0.1) is 6.92 Å². The van der Waals surface area contributed by atoms with Gasteiger partial charge >= 0.3 is 0 Å². The van der Waals surface area contributed by atoms with Crippen molar-refractivity contribution in [3.8, 4) is 0 Å².